The normalized spacial score (nSPS) is 33.2. The summed E-state index contributed by atoms with van der Waals surface area (Å²) in [5.74, 6) is 1.58. The van der Waals surface area contributed by atoms with Crippen LogP contribution in [-0.2, 0) is 4.79 Å². The Balaban J connectivity index is 1.90. The van der Waals surface area contributed by atoms with Crippen molar-refractivity contribution in [3.8, 4) is 5.75 Å². The predicted molar refractivity (Wildman–Crippen MR) is 69.7 cm³/mol. The number of nitrogens with one attached hydrogen (secondary N) is 1. The van der Waals surface area contributed by atoms with E-state index in [1.54, 1.807) is 6.92 Å². The Morgan fingerprint density at radius 3 is 2.94 bits per heavy atom. The first-order valence-corrected chi connectivity index (χ1v) is 6.61. The summed E-state index contributed by atoms with van der Waals surface area (Å²) in [5, 5.41) is 3.05. The van der Waals surface area contributed by atoms with Crippen molar-refractivity contribution in [2.45, 2.75) is 50.7 Å². The van der Waals surface area contributed by atoms with E-state index in [4.69, 9.17) is 4.74 Å². The van der Waals surface area contributed by atoms with Gasteiger partial charge in [-0.2, -0.15) is 0 Å². The minimum absolute atomic E-state index is 0.0526. The van der Waals surface area contributed by atoms with Crippen LogP contribution in [0.15, 0.2) is 24.3 Å². The lowest BCUT2D eigenvalue weighted by molar-refractivity contribution is -0.120. The number of fused-ring (bicyclic) bond motifs is 4. The fourth-order valence-electron chi connectivity index (χ4n) is 3.53. The Bertz CT molecular complexity index is 485. The summed E-state index contributed by atoms with van der Waals surface area (Å²) in [6.45, 7) is 3.74. The van der Waals surface area contributed by atoms with Crippen molar-refractivity contribution in [2.24, 2.45) is 0 Å². The van der Waals surface area contributed by atoms with Crippen LogP contribution in [-0.4, -0.2) is 17.6 Å². The van der Waals surface area contributed by atoms with Gasteiger partial charge in [-0.1, -0.05) is 18.2 Å². The average Bonchev–Trinajstić information content (AvgIpc) is 2.26. The second-order valence-electron chi connectivity index (χ2n) is 5.83. The minimum Gasteiger partial charge on any atom is -0.487 e. The van der Waals surface area contributed by atoms with E-state index in [9.17, 15) is 4.79 Å². The molecular formula is C15H19NO2. The van der Waals surface area contributed by atoms with Gasteiger partial charge in [-0.3, -0.25) is 4.79 Å². The highest BCUT2D eigenvalue weighted by Crippen LogP contribution is 2.48. The van der Waals surface area contributed by atoms with E-state index in [0.29, 0.717) is 5.92 Å². The van der Waals surface area contributed by atoms with Crippen molar-refractivity contribution >= 4 is 5.91 Å². The van der Waals surface area contributed by atoms with Gasteiger partial charge in [0.2, 0.25) is 5.91 Å². The smallest absolute Gasteiger partial charge is 0.217 e. The molecule has 3 rings (SSSR count). The lowest BCUT2D eigenvalue weighted by atomic mass is 9.71. The molecule has 3 unspecified atom stereocenters. The van der Waals surface area contributed by atoms with Crippen LogP contribution in [0.25, 0.3) is 0 Å². The molecule has 1 fully saturated rings. The zero-order valence-electron chi connectivity index (χ0n) is 10.9. The summed E-state index contributed by atoms with van der Waals surface area (Å²) in [7, 11) is 0. The molecule has 3 heteroatoms. The lowest BCUT2D eigenvalue weighted by Crippen LogP contribution is -2.50. The van der Waals surface area contributed by atoms with Gasteiger partial charge in [0.05, 0.1) is 0 Å². The van der Waals surface area contributed by atoms with E-state index in [1.165, 1.54) is 5.56 Å². The Hall–Kier alpha value is -1.51. The van der Waals surface area contributed by atoms with Crippen molar-refractivity contribution in [3.05, 3.63) is 29.8 Å². The van der Waals surface area contributed by atoms with Gasteiger partial charge in [0.25, 0.3) is 0 Å². The van der Waals surface area contributed by atoms with Gasteiger partial charge in [-0.25, -0.2) is 0 Å². The van der Waals surface area contributed by atoms with Crippen LogP contribution in [0, 0.1) is 0 Å². The molecule has 1 aromatic rings. The number of hydrogen-bond acceptors (Lipinski definition) is 2. The van der Waals surface area contributed by atoms with Gasteiger partial charge in [0.15, 0.2) is 0 Å². The molecule has 96 valence electrons. The summed E-state index contributed by atoms with van der Waals surface area (Å²) in [4.78, 5) is 11.2. The highest BCUT2D eigenvalue weighted by molar-refractivity contribution is 5.73. The number of rotatable bonds is 1. The maximum absolute atomic E-state index is 11.2. The van der Waals surface area contributed by atoms with E-state index in [-0.39, 0.29) is 17.6 Å². The predicted octanol–water partition coefficient (Wildman–Crippen LogP) is 2.61. The summed E-state index contributed by atoms with van der Waals surface area (Å²) in [5.41, 5.74) is 1.16. The van der Waals surface area contributed by atoms with Gasteiger partial charge in [0, 0.05) is 19.4 Å². The molecule has 0 aromatic heterocycles. The molecule has 1 amide bonds. The van der Waals surface area contributed by atoms with Crippen LogP contribution in [0.1, 0.15) is 44.6 Å². The van der Waals surface area contributed by atoms with E-state index in [0.717, 1.165) is 25.0 Å². The second-order valence-corrected chi connectivity index (χ2v) is 5.83. The largest absolute Gasteiger partial charge is 0.487 e. The molecule has 1 aromatic carbocycles. The Morgan fingerprint density at radius 2 is 2.17 bits per heavy atom. The maximum Gasteiger partial charge on any atom is 0.217 e. The standard InChI is InChI=1S/C15H19NO2/c1-10(17)16-12-7-11-8-15(2,9-12)18-14-6-4-3-5-13(11)14/h3-6,11-12H,7-9H2,1-2H3,(H,16,17). The zero-order valence-corrected chi connectivity index (χ0v) is 10.9. The fourth-order valence-corrected chi connectivity index (χ4v) is 3.53. The maximum atomic E-state index is 11.2. The molecule has 1 saturated carbocycles. The molecule has 3 nitrogen and oxygen atoms in total. The monoisotopic (exact) mass is 245 g/mol. The third kappa shape index (κ3) is 1.98. The first kappa shape index (κ1) is 11.6. The molecule has 0 spiro atoms. The van der Waals surface area contributed by atoms with Crippen molar-refractivity contribution in [2.75, 3.05) is 0 Å². The number of carbonyl (C=O) groups is 1. The molecule has 1 heterocycles. The lowest BCUT2D eigenvalue weighted by Gasteiger charge is -2.47. The number of para-hydroxylation sites is 1. The molecule has 2 aliphatic rings. The van der Waals surface area contributed by atoms with E-state index in [1.807, 2.05) is 6.07 Å². The molecule has 1 N–H and O–H groups in total. The van der Waals surface area contributed by atoms with Gasteiger partial charge in [-0.15, -0.1) is 0 Å². The Morgan fingerprint density at radius 1 is 1.39 bits per heavy atom. The molecule has 18 heavy (non-hydrogen) atoms. The van der Waals surface area contributed by atoms with Crippen LogP contribution in [0.4, 0.5) is 0 Å². The van der Waals surface area contributed by atoms with E-state index in [2.05, 4.69) is 30.4 Å². The molecular weight excluding hydrogens is 226 g/mol. The van der Waals surface area contributed by atoms with Gasteiger partial charge >= 0.3 is 0 Å². The number of ether oxygens (including phenoxy) is 1. The van der Waals surface area contributed by atoms with Crippen molar-refractivity contribution in [3.63, 3.8) is 0 Å². The third-order valence-electron chi connectivity index (χ3n) is 4.05. The minimum atomic E-state index is -0.135. The fraction of sp³-hybridized carbons (Fsp3) is 0.533. The number of carbonyl (C=O) groups excluding carboxylic acids is 1. The quantitative estimate of drug-likeness (QED) is 0.826. The third-order valence-corrected chi connectivity index (χ3v) is 4.05. The molecule has 2 bridgehead atoms. The summed E-state index contributed by atoms with van der Waals surface area (Å²) >= 11 is 0. The highest BCUT2D eigenvalue weighted by atomic mass is 16.5. The van der Waals surface area contributed by atoms with Gasteiger partial charge in [-0.05, 0) is 37.3 Å². The molecule has 1 aliphatic carbocycles. The van der Waals surface area contributed by atoms with Gasteiger partial charge < -0.3 is 10.1 Å². The average molecular weight is 245 g/mol. The second kappa shape index (κ2) is 4.01. The Labute approximate surface area is 108 Å². The zero-order chi connectivity index (χ0) is 12.8. The summed E-state index contributed by atoms with van der Waals surface area (Å²) in [6.07, 6.45) is 2.98. The van der Waals surface area contributed by atoms with Gasteiger partial charge in [0.1, 0.15) is 11.4 Å². The van der Waals surface area contributed by atoms with Crippen molar-refractivity contribution in [1.82, 2.24) is 5.32 Å². The topological polar surface area (TPSA) is 38.3 Å². The van der Waals surface area contributed by atoms with Crippen LogP contribution in [0.5, 0.6) is 5.75 Å². The molecule has 0 saturated heterocycles. The van der Waals surface area contributed by atoms with Crippen molar-refractivity contribution in [1.29, 1.82) is 0 Å². The van der Waals surface area contributed by atoms with Crippen LogP contribution < -0.4 is 10.1 Å². The Kier molecular flexibility index (Phi) is 2.58. The summed E-state index contributed by atoms with van der Waals surface area (Å²) < 4.78 is 6.15. The first-order chi connectivity index (χ1) is 8.56. The van der Waals surface area contributed by atoms with Crippen molar-refractivity contribution < 1.29 is 9.53 Å². The van der Waals surface area contributed by atoms with E-state index >= 15 is 0 Å². The van der Waals surface area contributed by atoms with Crippen LogP contribution in [0.2, 0.25) is 0 Å². The number of hydrogen-bond donors (Lipinski definition) is 1. The number of benzene rings is 1. The first-order valence-electron chi connectivity index (χ1n) is 6.61. The SMILES string of the molecule is CC(=O)NC1CC2CC(C)(C1)Oc1ccccc12. The van der Waals surface area contributed by atoms with Crippen LogP contribution >= 0.6 is 0 Å². The molecule has 3 atom stereocenters. The highest BCUT2D eigenvalue weighted by Gasteiger charge is 2.44. The molecule has 0 radical (unpaired) electrons. The number of amides is 1. The van der Waals surface area contributed by atoms with E-state index < -0.39 is 0 Å². The summed E-state index contributed by atoms with van der Waals surface area (Å²) in [6, 6.07) is 8.52. The molecule has 1 aliphatic heterocycles. The van der Waals surface area contributed by atoms with Crippen LogP contribution in [0.3, 0.4) is 0 Å².